The molecule has 0 aromatic carbocycles. The summed E-state index contributed by atoms with van der Waals surface area (Å²) in [4.78, 5) is 88.5. The van der Waals surface area contributed by atoms with Crippen molar-refractivity contribution >= 4 is 47.3 Å². The van der Waals surface area contributed by atoms with Crippen molar-refractivity contribution in [2.75, 3.05) is 54.4 Å². The van der Waals surface area contributed by atoms with Crippen LogP contribution in [0.5, 0.6) is 0 Å². The van der Waals surface area contributed by atoms with Crippen LogP contribution in [0.25, 0.3) is 0 Å². The van der Waals surface area contributed by atoms with Gasteiger partial charge in [-0.3, -0.25) is 38.4 Å². The minimum atomic E-state index is -1.14. The monoisotopic (exact) mass is 664 g/mol. The maximum Gasteiger partial charge on any atom is 0.323 e. The zero-order valence-electron chi connectivity index (χ0n) is 27.2. The van der Waals surface area contributed by atoms with E-state index in [1.54, 1.807) is 0 Å². The Kier molecular flexibility index (Phi) is 28.7. The summed E-state index contributed by atoms with van der Waals surface area (Å²) in [7, 11) is 5.49. The Balaban J connectivity index is -0.000000603. The summed E-state index contributed by atoms with van der Waals surface area (Å²) in [6.07, 6.45) is 8.51. The molecule has 0 saturated heterocycles. The third-order valence-electron chi connectivity index (χ3n) is 6.15. The summed E-state index contributed by atoms with van der Waals surface area (Å²) < 4.78 is 0. The lowest BCUT2D eigenvalue weighted by Crippen LogP contribution is -2.51. The van der Waals surface area contributed by atoms with E-state index in [1.165, 1.54) is 28.2 Å². The molecule has 0 spiro atoms. The zero-order valence-corrected chi connectivity index (χ0v) is 27.2. The molecule has 0 saturated carbocycles. The van der Waals surface area contributed by atoms with Gasteiger partial charge < -0.3 is 52.3 Å². The lowest BCUT2D eigenvalue weighted by atomic mass is 10.1. The van der Waals surface area contributed by atoms with E-state index in [-0.39, 0.29) is 25.9 Å². The highest BCUT2D eigenvalue weighted by atomic mass is 16.4. The number of hydrogen-bond acceptors (Lipinski definition) is 12. The molecule has 0 bridgehead atoms. The number of rotatable bonds is 23. The van der Waals surface area contributed by atoms with E-state index in [1.807, 2.05) is 0 Å². The molecule has 2 atom stereocenters. The quantitative estimate of drug-likeness (QED) is 0.0448. The van der Waals surface area contributed by atoms with Gasteiger partial charge in [-0.2, -0.15) is 0 Å². The van der Waals surface area contributed by atoms with Crippen LogP contribution < -0.4 is 22.1 Å². The van der Waals surface area contributed by atoms with Gasteiger partial charge in [0, 0.05) is 26.9 Å². The van der Waals surface area contributed by atoms with Crippen molar-refractivity contribution < 1.29 is 58.8 Å². The molecule has 0 rings (SSSR count). The fraction of sp³-hybridized carbons (Fsp3) is 0.714. The van der Waals surface area contributed by atoms with Gasteiger partial charge in [0.05, 0.1) is 13.1 Å². The van der Waals surface area contributed by atoms with Crippen LogP contribution in [0.3, 0.4) is 0 Å². The van der Waals surface area contributed by atoms with Crippen LogP contribution in [0.15, 0.2) is 0 Å². The summed E-state index contributed by atoms with van der Waals surface area (Å²) in [5.41, 5.74) is 10.2. The number of nitrogens with zero attached hydrogens (tertiary/aromatic N) is 2. The second-order valence-electron chi connectivity index (χ2n) is 10.1. The van der Waals surface area contributed by atoms with Gasteiger partial charge in [0.15, 0.2) is 11.6 Å². The third kappa shape index (κ3) is 25.3. The van der Waals surface area contributed by atoms with Crippen LogP contribution in [-0.4, -0.2) is 144 Å². The minimum absolute atomic E-state index is 0.266. The Bertz CT molecular complexity index is 903. The molecule has 0 aromatic rings. The molecule has 10 N–H and O–H groups in total. The predicted octanol–water partition coefficient (Wildman–Crippen LogP) is -1.65. The molecular weight excluding hydrogens is 612 g/mol. The van der Waals surface area contributed by atoms with Crippen LogP contribution in [0.1, 0.15) is 64.2 Å². The van der Waals surface area contributed by atoms with E-state index in [2.05, 4.69) is 10.6 Å². The van der Waals surface area contributed by atoms with Crippen molar-refractivity contribution in [2.45, 2.75) is 76.3 Å². The molecule has 266 valence electrons. The zero-order chi connectivity index (χ0) is 36.2. The molecule has 0 fully saturated rings. The van der Waals surface area contributed by atoms with Crippen LogP contribution in [0.4, 0.5) is 0 Å². The molecule has 0 aliphatic rings. The Morgan fingerprint density at radius 2 is 0.783 bits per heavy atom. The van der Waals surface area contributed by atoms with Crippen molar-refractivity contribution in [1.29, 1.82) is 0 Å². The van der Waals surface area contributed by atoms with Gasteiger partial charge in [0.1, 0.15) is 25.2 Å². The molecule has 0 heterocycles. The van der Waals surface area contributed by atoms with Gasteiger partial charge in [-0.15, -0.1) is 0 Å². The third-order valence-corrected chi connectivity index (χ3v) is 6.15. The lowest BCUT2D eigenvalue weighted by molar-refractivity contribution is -0.145. The van der Waals surface area contributed by atoms with Crippen LogP contribution >= 0.6 is 0 Å². The van der Waals surface area contributed by atoms with E-state index < -0.39 is 72.4 Å². The molecule has 0 radical (unpaired) electrons. The van der Waals surface area contributed by atoms with Gasteiger partial charge >= 0.3 is 23.9 Å². The first-order valence-corrected chi connectivity index (χ1v) is 14.7. The Morgan fingerprint density at radius 1 is 0.522 bits per heavy atom. The number of likely N-dealkylation sites (N-methyl/N-ethyl adjacent to an activating group) is 4. The summed E-state index contributed by atoms with van der Waals surface area (Å²) in [5, 5.41) is 38.7. The summed E-state index contributed by atoms with van der Waals surface area (Å²) in [6, 6.07) is -2.14. The van der Waals surface area contributed by atoms with Crippen molar-refractivity contribution in [3.05, 3.63) is 0 Å². The molecule has 0 aliphatic heterocycles. The minimum Gasteiger partial charge on any atom is -0.481 e. The van der Waals surface area contributed by atoms with Gasteiger partial charge in [-0.05, 0) is 26.9 Å². The van der Waals surface area contributed by atoms with E-state index >= 15 is 0 Å². The van der Waals surface area contributed by atoms with E-state index in [0.29, 0.717) is 0 Å². The molecular formula is C28H52N6O12. The number of hydrogen-bond donors (Lipinski definition) is 8. The number of nitrogens with two attached hydrogens (primary N) is 2. The molecule has 18 heteroatoms. The first kappa shape index (κ1) is 46.4. The highest BCUT2D eigenvalue weighted by molar-refractivity contribution is 6.07. The second kappa shape index (κ2) is 28.5. The number of ketones is 2. The van der Waals surface area contributed by atoms with Crippen molar-refractivity contribution in [3.8, 4) is 0 Å². The van der Waals surface area contributed by atoms with Gasteiger partial charge in [0.25, 0.3) is 0 Å². The maximum atomic E-state index is 11.5. The number of aliphatic carboxylic acids is 4. The normalized spacial score (nSPS) is 11.3. The van der Waals surface area contributed by atoms with Crippen molar-refractivity contribution in [3.63, 3.8) is 0 Å². The topological polar surface area (TPSA) is 300 Å². The fourth-order valence-corrected chi connectivity index (χ4v) is 3.70. The number of amides is 2. The number of Topliss-reactive ketones (excluding diaryl/α,β-unsaturated/α-hetero) is 2. The first-order chi connectivity index (χ1) is 21.5. The number of carboxylic acids is 4. The highest BCUT2D eigenvalue weighted by Crippen LogP contribution is 2.10. The van der Waals surface area contributed by atoms with Crippen LogP contribution in [0.2, 0.25) is 0 Å². The lowest BCUT2D eigenvalue weighted by Gasteiger charge is -2.20. The number of carbonyl (C=O) groups is 8. The average Bonchev–Trinajstić information content (AvgIpc) is 2.98. The Labute approximate surface area is 268 Å². The highest BCUT2D eigenvalue weighted by Gasteiger charge is 2.28. The van der Waals surface area contributed by atoms with Gasteiger partial charge in [0.2, 0.25) is 11.8 Å². The standard InChI is InChI=1S/C12H22O4.2C8H15N3O4/c13-11(14)9-7-5-3-1-2-4-6-8-10-12(15)16;2*1-10-7(5(12)3-9)8(15)11(2)4-6(13)14/h1-10H2,(H,13,14)(H,15,16);2*7,10H,3-4,9H2,1-2H3,(H,13,14). The number of nitrogens with one attached hydrogen (secondary N) is 2. The van der Waals surface area contributed by atoms with Crippen molar-refractivity contribution in [1.82, 2.24) is 20.4 Å². The smallest absolute Gasteiger partial charge is 0.323 e. The Hall–Kier alpha value is -4.00. The summed E-state index contributed by atoms with van der Waals surface area (Å²) >= 11 is 0. The van der Waals surface area contributed by atoms with E-state index in [0.717, 1.165) is 61.2 Å². The van der Waals surface area contributed by atoms with Gasteiger partial charge in [-0.1, -0.05) is 38.5 Å². The van der Waals surface area contributed by atoms with Gasteiger partial charge in [-0.25, -0.2) is 0 Å². The molecule has 2 amide bonds. The predicted molar refractivity (Wildman–Crippen MR) is 166 cm³/mol. The Morgan fingerprint density at radius 3 is 0.978 bits per heavy atom. The van der Waals surface area contributed by atoms with E-state index in [4.69, 9.17) is 31.9 Å². The summed E-state index contributed by atoms with van der Waals surface area (Å²) in [5.74, 6) is -5.85. The SMILES string of the molecule is CNC(C(=O)CN)C(=O)N(C)CC(=O)O.CNC(C(=O)CN)C(=O)N(C)CC(=O)O.O=C(O)CCCCCCCCCCC(=O)O. The number of carbonyl (C=O) groups excluding carboxylic acids is 4. The summed E-state index contributed by atoms with van der Waals surface area (Å²) in [6.45, 7) is -1.43. The van der Waals surface area contributed by atoms with E-state index in [9.17, 15) is 38.4 Å². The van der Waals surface area contributed by atoms with Crippen LogP contribution in [0, 0.1) is 0 Å². The number of carboxylic acid groups (broad SMARTS) is 4. The average molecular weight is 665 g/mol. The first-order valence-electron chi connectivity index (χ1n) is 14.7. The molecule has 2 unspecified atom stereocenters. The molecule has 0 aromatic heterocycles. The molecule has 0 aliphatic carbocycles. The molecule has 18 nitrogen and oxygen atoms in total. The number of unbranched alkanes of at least 4 members (excludes halogenated alkanes) is 7. The van der Waals surface area contributed by atoms with Crippen LogP contribution in [-0.2, 0) is 38.4 Å². The largest absolute Gasteiger partial charge is 0.481 e. The second-order valence-corrected chi connectivity index (χ2v) is 10.1. The maximum absolute atomic E-state index is 11.5. The fourth-order valence-electron chi connectivity index (χ4n) is 3.70. The van der Waals surface area contributed by atoms with Crippen molar-refractivity contribution in [2.24, 2.45) is 11.5 Å². The molecule has 46 heavy (non-hydrogen) atoms.